The monoisotopic (exact) mass is 376 g/mol. The zero-order valence-corrected chi connectivity index (χ0v) is 15.5. The van der Waals surface area contributed by atoms with E-state index >= 15 is 0 Å². The molecule has 0 atom stereocenters. The molecule has 1 aromatic rings. The van der Waals surface area contributed by atoms with Crippen molar-refractivity contribution < 1.29 is 19.5 Å². The Morgan fingerprint density at radius 2 is 1.69 bits per heavy atom. The average Bonchev–Trinajstić information content (AvgIpc) is 2.69. The highest BCUT2D eigenvalue weighted by molar-refractivity contribution is 7.99. The Balaban J connectivity index is 1.56. The fourth-order valence-corrected chi connectivity index (χ4v) is 4.75. The van der Waals surface area contributed by atoms with Gasteiger partial charge in [0.2, 0.25) is 5.91 Å². The maximum atomic E-state index is 12.6. The van der Waals surface area contributed by atoms with Crippen LogP contribution in [-0.4, -0.2) is 57.9 Å². The van der Waals surface area contributed by atoms with Crippen molar-refractivity contribution in [2.45, 2.75) is 31.2 Å². The van der Waals surface area contributed by atoms with Gasteiger partial charge < -0.3 is 15.3 Å². The van der Waals surface area contributed by atoms with Gasteiger partial charge in [-0.3, -0.25) is 9.59 Å². The van der Waals surface area contributed by atoms with Crippen molar-refractivity contribution in [1.82, 2.24) is 10.2 Å². The van der Waals surface area contributed by atoms with E-state index in [-0.39, 0.29) is 17.7 Å². The van der Waals surface area contributed by atoms with E-state index in [1.54, 1.807) is 28.8 Å². The number of aliphatic carboxylic acids is 1. The highest BCUT2D eigenvalue weighted by atomic mass is 32.2. The number of carboxylic acids is 1. The molecule has 0 spiro atoms. The molecule has 2 heterocycles. The zero-order chi connectivity index (χ0) is 18.6. The van der Waals surface area contributed by atoms with Gasteiger partial charge in [-0.15, -0.1) is 0 Å². The number of nitrogens with zero attached hydrogens (tertiary/aromatic N) is 1. The number of thioether (sulfide) groups is 1. The van der Waals surface area contributed by atoms with Crippen molar-refractivity contribution in [2.24, 2.45) is 5.92 Å². The molecule has 6 nitrogen and oxygen atoms in total. The molecule has 2 aliphatic heterocycles. The van der Waals surface area contributed by atoms with Crippen LogP contribution < -0.4 is 5.32 Å². The molecule has 26 heavy (non-hydrogen) atoms. The van der Waals surface area contributed by atoms with Crippen molar-refractivity contribution in [3.8, 4) is 0 Å². The van der Waals surface area contributed by atoms with E-state index in [9.17, 15) is 19.5 Å². The summed E-state index contributed by atoms with van der Waals surface area (Å²) in [5.74, 6) is 0.109. The first-order chi connectivity index (χ1) is 12.5. The Labute approximate surface area is 157 Å². The quantitative estimate of drug-likeness (QED) is 0.839. The number of likely N-dealkylation sites (tertiary alicyclic amines) is 1. The smallest absolute Gasteiger partial charge is 0.329 e. The minimum Gasteiger partial charge on any atom is -0.480 e. The summed E-state index contributed by atoms with van der Waals surface area (Å²) < 4.78 is 0. The average molecular weight is 376 g/mol. The van der Waals surface area contributed by atoms with Crippen LogP contribution in [0.2, 0.25) is 0 Å². The van der Waals surface area contributed by atoms with E-state index in [0.29, 0.717) is 44.3 Å². The fourth-order valence-electron chi connectivity index (χ4n) is 3.56. The lowest BCUT2D eigenvalue weighted by atomic mass is 9.89. The maximum absolute atomic E-state index is 12.6. The predicted octanol–water partition coefficient (Wildman–Crippen LogP) is 2.01. The van der Waals surface area contributed by atoms with Gasteiger partial charge in [0.05, 0.1) is 0 Å². The molecule has 3 rings (SSSR count). The van der Waals surface area contributed by atoms with Gasteiger partial charge in [0.25, 0.3) is 5.91 Å². The van der Waals surface area contributed by atoms with Crippen molar-refractivity contribution in [2.75, 3.05) is 24.6 Å². The van der Waals surface area contributed by atoms with Crippen molar-refractivity contribution in [3.63, 3.8) is 0 Å². The second-order valence-corrected chi connectivity index (χ2v) is 8.15. The molecule has 7 heteroatoms. The van der Waals surface area contributed by atoms with E-state index in [1.165, 1.54) is 0 Å². The number of hydrogen-bond acceptors (Lipinski definition) is 4. The third-order valence-corrected chi connectivity index (χ3v) is 6.28. The molecular weight excluding hydrogens is 352 g/mol. The van der Waals surface area contributed by atoms with Crippen molar-refractivity contribution in [1.29, 1.82) is 0 Å². The van der Waals surface area contributed by atoms with Crippen LogP contribution in [-0.2, 0) is 9.59 Å². The summed E-state index contributed by atoms with van der Waals surface area (Å²) in [5.41, 5.74) is -0.473. The Morgan fingerprint density at radius 3 is 2.27 bits per heavy atom. The van der Waals surface area contributed by atoms with Gasteiger partial charge in [0, 0.05) is 24.6 Å². The van der Waals surface area contributed by atoms with Gasteiger partial charge >= 0.3 is 5.97 Å². The van der Waals surface area contributed by atoms with E-state index in [0.717, 1.165) is 11.5 Å². The Kier molecular flexibility index (Phi) is 5.86. The van der Waals surface area contributed by atoms with E-state index in [4.69, 9.17) is 0 Å². The summed E-state index contributed by atoms with van der Waals surface area (Å²) in [6, 6.07) is 9.12. The normalized spacial score (nSPS) is 20.4. The molecule has 140 valence electrons. The minimum atomic E-state index is -1.13. The number of carboxylic acid groups (broad SMARTS) is 1. The number of amides is 2. The van der Waals surface area contributed by atoms with Gasteiger partial charge in [-0.05, 0) is 49.3 Å². The van der Waals surface area contributed by atoms with E-state index in [2.05, 4.69) is 5.32 Å². The molecule has 2 amide bonds. The molecule has 0 saturated carbocycles. The molecule has 1 aromatic carbocycles. The first-order valence-electron chi connectivity index (χ1n) is 8.99. The molecule has 0 aliphatic carbocycles. The lowest BCUT2D eigenvalue weighted by Gasteiger charge is -2.37. The summed E-state index contributed by atoms with van der Waals surface area (Å²) >= 11 is 1.72. The number of nitrogens with one attached hydrogen (secondary N) is 1. The van der Waals surface area contributed by atoms with Crippen LogP contribution in [0.25, 0.3) is 0 Å². The van der Waals surface area contributed by atoms with Crippen LogP contribution in [0.3, 0.4) is 0 Å². The molecule has 0 radical (unpaired) electrons. The Bertz CT molecular complexity index is 665. The van der Waals surface area contributed by atoms with Gasteiger partial charge in [0.15, 0.2) is 0 Å². The van der Waals surface area contributed by atoms with Gasteiger partial charge in [-0.25, -0.2) is 4.79 Å². The summed E-state index contributed by atoms with van der Waals surface area (Å²) in [7, 11) is 0. The molecule has 2 aliphatic rings. The van der Waals surface area contributed by atoms with Crippen LogP contribution in [0.5, 0.6) is 0 Å². The molecular formula is C19H24N2O4S. The number of benzene rings is 1. The standard InChI is InChI=1S/C19H24N2O4S/c22-16(20-19(18(24)25)8-12-26-13-9-19)14-6-10-21(11-7-14)17(23)15-4-2-1-3-5-15/h1-5,14H,6-13H2,(H,20,22)(H,24,25). The number of piperidine rings is 1. The SMILES string of the molecule is O=C(NC1(C(=O)O)CCSCC1)C1CCN(C(=O)c2ccccc2)CC1. The largest absolute Gasteiger partial charge is 0.480 e. The number of carbonyl (C=O) groups excluding carboxylic acids is 2. The number of hydrogen-bond donors (Lipinski definition) is 2. The molecule has 0 aromatic heterocycles. The summed E-state index contributed by atoms with van der Waals surface area (Å²) in [5, 5.41) is 12.4. The lowest BCUT2D eigenvalue weighted by Crippen LogP contribution is -2.58. The predicted molar refractivity (Wildman–Crippen MR) is 100 cm³/mol. The molecule has 2 fully saturated rings. The first kappa shape index (κ1) is 18.8. The van der Waals surface area contributed by atoms with Crippen LogP contribution in [0.4, 0.5) is 0 Å². The van der Waals surface area contributed by atoms with Crippen molar-refractivity contribution in [3.05, 3.63) is 35.9 Å². The molecule has 2 saturated heterocycles. The molecule has 0 bridgehead atoms. The topological polar surface area (TPSA) is 86.7 Å². The molecule has 0 unspecified atom stereocenters. The second-order valence-electron chi connectivity index (χ2n) is 6.92. The van der Waals surface area contributed by atoms with Gasteiger partial charge in [0.1, 0.15) is 5.54 Å². The van der Waals surface area contributed by atoms with Gasteiger partial charge in [-0.1, -0.05) is 18.2 Å². The molecule has 2 N–H and O–H groups in total. The number of rotatable bonds is 4. The third kappa shape index (κ3) is 4.03. The zero-order valence-electron chi connectivity index (χ0n) is 14.6. The van der Waals surface area contributed by atoms with Crippen molar-refractivity contribution >= 4 is 29.5 Å². The van der Waals surface area contributed by atoms with Crippen LogP contribution >= 0.6 is 11.8 Å². The minimum absolute atomic E-state index is 0.0178. The van der Waals surface area contributed by atoms with E-state index < -0.39 is 11.5 Å². The summed E-state index contributed by atoms with van der Waals surface area (Å²) in [4.78, 5) is 38.6. The third-order valence-electron chi connectivity index (χ3n) is 5.29. The second kappa shape index (κ2) is 8.12. The Morgan fingerprint density at radius 1 is 1.08 bits per heavy atom. The lowest BCUT2D eigenvalue weighted by molar-refractivity contribution is -0.149. The summed E-state index contributed by atoms with van der Waals surface area (Å²) in [6.07, 6.45) is 2.05. The van der Waals surface area contributed by atoms with Crippen LogP contribution in [0.1, 0.15) is 36.0 Å². The Hall–Kier alpha value is -2.02. The van der Waals surface area contributed by atoms with Crippen LogP contribution in [0.15, 0.2) is 30.3 Å². The fraction of sp³-hybridized carbons (Fsp3) is 0.526. The highest BCUT2D eigenvalue weighted by Crippen LogP contribution is 2.29. The van der Waals surface area contributed by atoms with Gasteiger partial charge in [-0.2, -0.15) is 11.8 Å². The summed E-state index contributed by atoms with van der Waals surface area (Å²) in [6.45, 7) is 1.03. The van der Waals surface area contributed by atoms with Crippen LogP contribution in [0, 0.1) is 5.92 Å². The highest BCUT2D eigenvalue weighted by Gasteiger charge is 2.42. The van der Waals surface area contributed by atoms with E-state index in [1.807, 2.05) is 18.2 Å². The first-order valence-corrected chi connectivity index (χ1v) is 10.1. The maximum Gasteiger partial charge on any atom is 0.329 e. The number of carbonyl (C=O) groups is 3.